The van der Waals surface area contributed by atoms with Gasteiger partial charge in [0.15, 0.2) is 17.5 Å². The van der Waals surface area contributed by atoms with Crippen LogP contribution in [0.25, 0.3) is 67.2 Å². The van der Waals surface area contributed by atoms with Crippen molar-refractivity contribution in [3.63, 3.8) is 0 Å². The number of benzene rings is 8. The summed E-state index contributed by atoms with van der Waals surface area (Å²) >= 11 is 0. The van der Waals surface area contributed by atoms with Gasteiger partial charge in [-0.3, -0.25) is 5.41 Å². The molecule has 1 aromatic heterocycles. The number of rotatable bonds is 9. The van der Waals surface area contributed by atoms with E-state index < -0.39 is 0 Å². The molecule has 0 atom stereocenters. The second-order valence-corrected chi connectivity index (χ2v) is 13.4. The number of aromatic nitrogens is 3. The summed E-state index contributed by atoms with van der Waals surface area (Å²) in [6, 6.07) is 67.8. The van der Waals surface area contributed by atoms with Gasteiger partial charge in [-0.1, -0.05) is 164 Å². The van der Waals surface area contributed by atoms with Crippen LogP contribution in [0.3, 0.4) is 0 Å². The van der Waals surface area contributed by atoms with Crippen LogP contribution in [0.4, 0.5) is 11.4 Å². The van der Waals surface area contributed by atoms with E-state index in [-0.39, 0.29) is 0 Å². The molecule has 8 aromatic carbocycles. The summed E-state index contributed by atoms with van der Waals surface area (Å²) in [5.74, 6) is 1.88. The van der Waals surface area contributed by atoms with E-state index in [9.17, 15) is 5.41 Å². The minimum Gasteiger partial charge on any atom is -0.355 e. The SMILES string of the molecule is N=C(c1cccc(-c2cccc(-c3cccc(-c4nc(-c5ccccc5)nc(-c5ccccc5)n4)c3)c2)c1)c1c(Nc2ccccc2)ccc2ccccc12. The van der Waals surface area contributed by atoms with Gasteiger partial charge in [0.25, 0.3) is 0 Å². The van der Waals surface area contributed by atoms with Crippen molar-refractivity contribution in [2.75, 3.05) is 5.32 Å². The first-order chi connectivity index (χ1) is 27.2. The molecule has 0 aliphatic heterocycles. The lowest BCUT2D eigenvalue weighted by molar-refractivity contribution is 1.07. The Bertz CT molecular complexity index is 2740. The molecule has 2 N–H and O–H groups in total. The van der Waals surface area contributed by atoms with E-state index in [4.69, 9.17) is 15.0 Å². The number of hydrogen-bond acceptors (Lipinski definition) is 5. The van der Waals surface area contributed by atoms with E-state index in [1.165, 1.54) is 0 Å². The average molecular weight is 706 g/mol. The summed E-state index contributed by atoms with van der Waals surface area (Å²) in [7, 11) is 0. The molecule has 9 rings (SSSR count). The summed E-state index contributed by atoms with van der Waals surface area (Å²) < 4.78 is 0. The van der Waals surface area contributed by atoms with Crippen LogP contribution in [0.5, 0.6) is 0 Å². The zero-order valence-electron chi connectivity index (χ0n) is 29.9. The zero-order valence-corrected chi connectivity index (χ0v) is 29.9. The molecule has 0 fully saturated rings. The van der Waals surface area contributed by atoms with Crippen molar-refractivity contribution in [1.29, 1.82) is 5.41 Å². The van der Waals surface area contributed by atoms with Crippen molar-refractivity contribution in [2.45, 2.75) is 0 Å². The van der Waals surface area contributed by atoms with Gasteiger partial charge < -0.3 is 5.32 Å². The van der Waals surface area contributed by atoms with Crippen LogP contribution in [-0.2, 0) is 0 Å². The number of nitrogens with zero attached hydrogens (tertiary/aromatic N) is 3. The molecule has 1 heterocycles. The highest BCUT2D eigenvalue weighted by Gasteiger charge is 2.17. The summed E-state index contributed by atoms with van der Waals surface area (Å²) in [5, 5.41) is 15.3. The molecule has 55 heavy (non-hydrogen) atoms. The first kappa shape index (κ1) is 33.3. The molecular weight excluding hydrogens is 671 g/mol. The molecule has 0 spiro atoms. The third-order valence-electron chi connectivity index (χ3n) is 9.73. The van der Waals surface area contributed by atoms with Crippen molar-refractivity contribution in [3.05, 3.63) is 211 Å². The second-order valence-electron chi connectivity index (χ2n) is 13.4. The molecule has 260 valence electrons. The van der Waals surface area contributed by atoms with Gasteiger partial charge in [-0.25, -0.2) is 15.0 Å². The Morgan fingerprint density at radius 2 is 0.836 bits per heavy atom. The van der Waals surface area contributed by atoms with Gasteiger partial charge in [-0.15, -0.1) is 0 Å². The predicted molar refractivity (Wildman–Crippen MR) is 227 cm³/mol. The van der Waals surface area contributed by atoms with Crippen molar-refractivity contribution < 1.29 is 0 Å². The molecule has 0 saturated carbocycles. The summed E-state index contributed by atoms with van der Waals surface area (Å²) in [6.07, 6.45) is 0. The molecule has 0 aliphatic carbocycles. The normalized spacial score (nSPS) is 11.0. The molecule has 5 nitrogen and oxygen atoms in total. The number of para-hydroxylation sites is 1. The van der Waals surface area contributed by atoms with Crippen molar-refractivity contribution >= 4 is 27.9 Å². The van der Waals surface area contributed by atoms with Crippen LogP contribution >= 0.6 is 0 Å². The number of hydrogen-bond donors (Lipinski definition) is 2. The highest BCUT2D eigenvalue weighted by atomic mass is 15.0. The van der Waals surface area contributed by atoms with Crippen LogP contribution in [0, 0.1) is 5.41 Å². The number of fused-ring (bicyclic) bond motifs is 1. The van der Waals surface area contributed by atoms with Crippen molar-refractivity contribution in [3.8, 4) is 56.4 Å². The molecule has 0 radical (unpaired) electrons. The maximum atomic E-state index is 9.58. The van der Waals surface area contributed by atoms with E-state index in [1.807, 2.05) is 115 Å². The van der Waals surface area contributed by atoms with Gasteiger partial charge in [-0.05, 0) is 69.4 Å². The minimum atomic E-state index is 0.461. The second kappa shape index (κ2) is 14.9. The van der Waals surface area contributed by atoms with Gasteiger partial charge in [0, 0.05) is 39.2 Å². The highest BCUT2D eigenvalue weighted by molar-refractivity contribution is 6.21. The van der Waals surface area contributed by atoms with E-state index in [2.05, 4.69) is 90.2 Å². The Labute approximate surface area is 320 Å². The summed E-state index contributed by atoms with van der Waals surface area (Å²) in [4.78, 5) is 14.8. The molecule has 0 saturated heterocycles. The molecule has 9 aromatic rings. The fourth-order valence-corrected chi connectivity index (χ4v) is 6.97. The molecule has 5 heteroatoms. The lowest BCUT2D eigenvalue weighted by Crippen LogP contribution is -2.07. The zero-order chi connectivity index (χ0) is 37.0. The van der Waals surface area contributed by atoms with Gasteiger partial charge in [0.1, 0.15) is 0 Å². The largest absolute Gasteiger partial charge is 0.355 e. The lowest BCUT2D eigenvalue weighted by atomic mass is 9.92. The van der Waals surface area contributed by atoms with E-state index in [0.29, 0.717) is 23.2 Å². The summed E-state index contributed by atoms with van der Waals surface area (Å²) in [5.41, 5.74) is 11.1. The Morgan fingerprint density at radius 1 is 0.382 bits per heavy atom. The molecule has 0 amide bonds. The third-order valence-corrected chi connectivity index (χ3v) is 9.73. The Morgan fingerprint density at radius 3 is 1.45 bits per heavy atom. The third kappa shape index (κ3) is 7.02. The molecule has 0 bridgehead atoms. The molecule has 0 unspecified atom stereocenters. The van der Waals surface area contributed by atoms with Crippen molar-refractivity contribution in [2.24, 2.45) is 0 Å². The first-order valence-corrected chi connectivity index (χ1v) is 18.3. The smallest absolute Gasteiger partial charge is 0.164 e. The van der Waals surface area contributed by atoms with E-state index in [1.54, 1.807) is 0 Å². The fraction of sp³-hybridized carbons (Fsp3) is 0. The van der Waals surface area contributed by atoms with Crippen LogP contribution in [0.15, 0.2) is 200 Å². The first-order valence-electron chi connectivity index (χ1n) is 18.3. The fourth-order valence-electron chi connectivity index (χ4n) is 6.97. The topological polar surface area (TPSA) is 74.5 Å². The maximum absolute atomic E-state index is 9.58. The van der Waals surface area contributed by atoms with Crippen LogP contribution in [0.2, 0.25) is 0 Å². The van der Waals surface area contributed by atoms with E-state index in [0.717, 1.165) is 72.2 Å². The lowest BCUT2D eigenvalue weighted by Gasteiger charge is -2.17. The average Bonchev–Trinajstić information content (AvgIpc) is 3.27. The van der Waals surface area contributed by atoms with Gasteiger partial charge >= 0.3 is 0 Å². The van der Waals surface area contributed by atoms with Crippen LogP contribution in [0.1, 0.15) is 11.1 Å². The van der Waals surface area contributed by atoms with Crippen molar-refractivity contribution in [1.82, 2.24) is 15.0 Å². The number of anilines is 2. The molecular formula is C50H35N5. The predicted octanol–water partition coefficient (Wildman–Crippen LogP) is 12.5. The standard InChI is InChI=1S/C50H35N5/c51-47(46-44-28-11-10-15-34(44)29-30-45(46)52-43-26-8-3-9-27-43)41-24-13-22-39(32-41)37-20-12-21-38(31-37)40-23-14-25-42(33-40)50-54-48(35-16-4-1-5-17-35)53-49(55-50)36-18-6-2-7-19-36/h1-33,51-52H. The Balaban J connectivity index is 1.06. The Kier molecular flexibility index (Phi) is 9.01. The minimum absolute atomic E-state index is 0.461. The van der Waals surface area contributed by atoms with Gasteiger partial charge in [-0.2, -0.15) is 0 Å². The van der Waals surface area contributed by atoms with Gasteiger partial charge in [0.05, 0.1) is 5.71 Å². The van der Waals surface area contributed by atoms with Crippen LogP contribution in [-0.4, -0.2) is 20.7 Å². The quantitative estimate of drug-likeness (QED) is 0.147. The van der Waals surface area contributed by atoms with E-state index >= 15 is 0 Å². The van der Waals surface area contributed by atoms with Gasteiger partial charge in [0.2, 0.25) is 0 Å². The Hall–Kier alpha value is -7.50. The maximum Gasteiger partial charge on any atom is 0.164 e. The number of nitrogens with one attached hydrogen (secondary N) is 2. The molecule has 0 aliphatic rings. The summed E-state index contributed by atoms with van der Waals surface area (Å²) in [6.45, 7) is 0. The highest BCUT2D eigenvalue weighted by Crippen LogP contribution is 2.34. The monoisotopic (exact) mass is 705 g/mol. The van der Waals surface area contributed by atoms with Crippen LogP contribution < -0.4 is 5.32 Å².